The lowest BCUT2D eigenvalue weighted by atomic mass is 10.1. The van der Waals surface area contributed by atoms with Gasteiger partial charge in [0.2, 0.25) is 0 Å². The van der Waals surface area contributed by atoms with Crippen LogP contribution in [-0.2, 0) is 17.5 Å². The average molecular weight is 327 g/mol. The van der Waals surface area contributed by atoms with Crippen LogP contribution in [0.3, 0.4) is 0 Å². The van der Waals surface area contributed by atoms with Crippen molar-refractivity contribution < 1.29 is 27.5 Å². The van der Waals surface area contributed by atoms with Crippen molar-refractivity contribution >= 4 is 5.97 Å². The molecule has 0 aliphatic carbocycles. The van der Waals surface area contributed by atoms with Crippen molar-refractivity contribution in [3.8, 4) is 11.3 Å². The number of likely N-dealkylation sites (N-methyl/N-ethyl adjacent to an activating group) is 1. The number of hydrogen-bond donors (Lipinski definition) is 1. The summed E-state index contributed by atoms with van der Waals surface area (Å²) in [5.74, 6) is 0.0736. The van der Waals surface area contributed by atoms with Gasteiger partial charge in [0.15, 0.2) is 0 Å². The summed E-state index contributed by atoms with van der Waals surface area (Å²) in [6.07, 6.45) is -4.37. The van der Waals surface area contributed by atoms with Gasteiger partial charge in [-0.1, -0.05) is 19.1 Å². The van der Waals surface area contributed by atoms with Crippen LogP contribution in [0.1, 0.15) is 18.2 Å². The summed E-state index contributed by atoms with van der Waals surface area (Å²) in [6.45, 7) is 2.60. The number of carboxylic acids is 1. The number of aliphatic carboxylic acids is 1. The Labute approximate surface area is 131 Å². The molecule has 0 aliphatic heterocycles. The first-order valence-electron chi connectivity index (χ1n) is 7.00. The summed E-state index contributed by atoms with van der Waals surface area (Å²) in [4.78, 5) is 12.4. The molecule has 0 saturated heterocycles. The van der Waals surface area contributed by atoms with Crippen LogP contribution < -0.4 is 0 Å². The lowest BCUT2D eigenvalue weighted by Crippen LogP contribution is -2.28. The molecule has 0 fully saturated rings. The fourth-order valence-corrected chi connectivity index (χ4v) is 2.13. The van der Waals surface area contributed by atoms with Gasteiger partial charge in [-0.05, 0) is 30.8 Å². The Kier molecular flexibility index (Phi) is 5.10. The van der Waals surface area contributed by atoms with Crippen molar-refractivity contribution in [3.05, 3.63) is 47.7 Å². The van der Waals surface area contributed by atoms with Crippen LogP contribution in [0.25, 0.3) is 11.3 Å². The molecule has 0 radical (unpaired) electrons. The SMILES string of the molecule is CCN(CC(=O)O)Cc1ccc(-c2ccc(C(F)(F)F)cc2)o1. The molecule has 7 heteroatoms. The highest BCUT2D eigenvalue weighted by atomic mass is 19.4. The Morgan fingerprint density at radius 2 is 1.83 bits per heavy atom. The van der Waals surface area contributed by atoms with Crippen LogP contribution >= 0.6 is 0 Å². The minimum atomic E-state index is -4.37. The van der Waals surface area contributed by atoms with Crippen molar-refractivity contribution in [2.45, 2.75) is 19.6 Å². The maximum Gasteiger partial charge on any atom is 0.416 e. The van der Waals surface area contributed by atoms with E-state index >= 15 is 0 Å². The summed E-state index contributed by atoms with van der Waals surface area (Å²) in [6, 6.07) is 8.05. The zero-order chi connectivity index (χ0) is 17.0. The molecule has 23 heavy (non-hydrogen) atoms. The molecule has 1 aromatic carbocycles. The molecule has 124 valence electrons. The highest BCUT2D eigenvalue weighted by Gasteiger charge is 2.30. The topological polar surface area (TPSA) is 53.7 Å². The van der Waals surface area contributed by atoms with E-state index < -0.39 is 17.7 Å². The second-order valence-electron chi connectivity index (χ2n) is 5.04. The molecule has 1 aromatic heterocycles. The van der Waals surface area contributed by atoms with Crippen molar-refractivity contribution in [2.24, 2.45) is 0 Å². The van der Waals surface area contributed by atoms with Gasteiger partial charge in [-0.15, -0.1) is 0 Å². The molecule has 0 saturated carbocycles. The number of carbonyl (C=O) groups is 1. The van der Waals surface area contributed by atoms with Gasteiger partial charge < -0.3 is 9.52 Å². The van der Waals surface area contributed by atoms with Gasteiger partial charge in [0.05, 0.1) is 18.7 Å². The van der Waals surface area contributed by atoms with Gasteiger partial charge in [-0.3, -0.25) is 9.69 Å². The molecule has 0 spiro atoms. The summed E-state index contributed by atoms with van der Waals surface area (Å²) in [5.41, 5.74) is -0.183. The van der Waals surface area contributed by atoms with Gasteiger partial charge in [0.25, 0.3) is 0 Å². The first-order chi connectivity index (χ1) is 10.8. The molecule has 2 aromatic rings. The molecule has 4 nitrogen and oxygen atoms in total. The molecule has 0 bridgehead atoms. The largest absolute Gasteiger partial charge is 0.480 e. The molecular weight excluding hydrogens is 311 g/mol. The molecular formula is C16H16F3NO3. The number of furan rings is 1. The van der Waals surface area contributed by atoms with Gasteiger partial charge in [0.1, 0.15) is 11.5 Å². The van der Waals surface area contributed by atoms with Gasteiger partial charge in [0, 0.05) is 5.56 Å². The fraction of sp³-hybridized carbons (Fsp3) is 0.312. The second-order valence-corrected chi connectivity index (χ2v) is 5.04. The van der Waals surface area contributed by atoms with Crippen LogP contribution in [0, 0.1) is 0 Å². The highest BCUT2D eigenvalue weighted by Crippen LogP contribution is 2.31. The maximum atomic E-state index is 12.5. The second kappa shape index (κ2) is 6.87. The van der Waals surface area contributed by atoms with Crippen molar-refractivity contribution in [1.82, 2.24) is 4.90 Å². The van der Waals surface area contributed by atoms with E-state index in [0.29, 0.717) is 30.2 Å². The van der Waals surface area contributed by atoms with E-state index in [0.717, 1.165) is 12.1 Å². The van der Waals surface area contributed by atoms with Crippen LogP contribution in [0.4, 0.5) is 13.2 Å². The highest BCUT2D eigenvalue weighted by molar-refractivity contribution is 5.69. The van der Waals surface area contributed by atoms with E-state index in [2.05, 4.69) is 0 Å². The first-order valence-corrected chi connectivity index (χ1v) is 7.00. The van der Waals surface area contributed by atoms with E-state index in [1.165, 1.54) is 12.1 Å². The summed E-state index contributed by atoms with van der Waals surface area (Å²) in [7, 11) is 0. The van der Waals surface area contributed by atoms with Crippen molar-refractivity contribution in [2.75, 3.05) is 13.1 Å². The molecule has 1 N–H and O–H groups in total. The Balaban J connectivity index is 2.11. The number of benzene rings is 1. The minimum absolute atomic E-state index is 0.104. The predicted octanol–water partition coefficient (Wildman–Crippen LogP) is 3.87. The third-order valence-corrected chi connectivity index (χ3v) is 3.34. The standard InChI is InChI=1S/C16H16F3NO3/c1-2-20(10-15(21)22)9-13-7-8-14(23-13)11-3-5-12(6-4-11)16(17,18)19/h3-8H,2,9-10H2,1H3,(H,21,22). The van der Waals surface area contributed by atoms with Gasteiger partial charge >= 0.3 is 12.1 Å². The maximum absolute atomic E-state index is 12.5. The quantitative estimate of drug-likeness (QED) is 0.875. The molecule has 0 unspecified atom stereocenters. The zero-order valence-corrected chi connectivity index (χ0v) is 12.4. The van der Waals surface area contributed by atoms with Crippen LogP contribution in [0.2, 0.25) is 0 Å². The summed E-state index contributed by atoms with van der Waals surface area (Å²) >= 11 is 0. The number of nitrogens with zero attached hydrogens (tertiary/aromatic N) is 1. The van der Waals surface area contributed by atoms with Crippen LogP contribution in [-0.4, -0.2) is 29.1 Å². The predicted molar refractivity (Wildman–Crippen MR) is 77.7 cm³/mol. The molecule has 1 heterocycles. The zero-order valence-electron chi connectivity index (χ0n) is 12.4. The number of carboxylic acid groups (broad SMARTS) is 1. The summed E-state index contributed by atoms with van der Waals surface area (Å²) in [5, 5.41) is 8.80. The van der Waals surface area contributed by atoms with Gasteiger partial charge in [-0.25, -0.2) is 0 Å². The lowest BCUT2D eigenvalue weighted by Gasteiger charge is -2.15. The van der Waals surface area contributed by atoms with Crippen LogP contribution in [0.5, 0.6) is 0 Å². The third kappa shape index (κ3) is 4.59. The average Bonchev–Trinajstić information content (AvgIpc) is 2.94. The normalized spacial score (nSPS) is 11.9. The van der Waals surface area contributed by atoms with Gasteiger partial charge in [-0.2, -0.15) is 13.2 Å². The smallest absolute Gasteiger partial charge is 0.416 e. The van der Waals surface area contributed by atoms with E-state index in [9.17, 15) is 18.0 Å². The summed E-state index contributed by atoms with van der Waals surface area (Å²) < 4.78 is 43.2. The Bertz CT molecular complexity index is 662. The monoisotopic (exact) mass is 327 g/mol. The number of alkyl halides is 3. The Morgan fingerprint density at radius 1 is 1.17 bits per heavy atom. The molecule has 0 atom stereocenters. The van der Waals surface area contributed by atoms with E-state index in [4.69, 9.17) is 9.52 Å². The van der Waals surface area contributed by atoms with Crippen molar-refractivity contribution in [1.29, 1.82) is 0 Å². The Morgan fingerprint density at radius 3 is 2.35 bits per heavy atom. The number of rotatable bonds is 6. The van der Waals surface area contributed by atoms with E-state index in [1.807, 2.05) is 6.92 Å². The van der Waals surface area contributed by atoms with Crippen molar-refractivity contribution in [3.63, 3.8) is 0 Å². The third-order valence-electron chi connectivity index (χ3n) is 3.34. The van der Waals surface area contributed by atoms with E-state index in [-0.39, 0.29) is 6.54 Å². The van der Waals surface area contributed by atoms with E-state index in [1.54, 1.807) is 17.0 Å². The fourth-order valence-electron chi connectivity index (χ4n) is 2.13. The molecule has 0 amide bonds. The lowest BCUT2D eigenvalue weighted by molar-refractivity contribution is -0.139. The number of halogens is 3. The van der Waals surface area contributed by atoms with Crippen LogP contribution in [0.15, 0.2) is 40.8 Å². The molecule has 0 aliphatic rings. The minimum Gasteiger partial charge on any atom is -0.480 e. The number of hydrogen-bond acceptors (Lipinski definition) is 3. The molecule has 2 rings (SSSR count). The Hall–Kier alpha value is -2.28. The first kappa shape index (κ1) is 17.1.